The minimum Gasteiger partial charge on any atom is -0.366 e. The first-order valence-corrected chi connectivity index (χ1v) is 6.01. The number of nitrogens with two attached hydrogens (primary N) is 1. The van der Waals surface area contributed by atoms with E-state index >= 15 is 0 Å². The van der Waals surface area contributed by atoms with Crippen molar-refractivity contribution < 1.29 is 13.2 Å². The molecule has 0 aliphatic heterocycles. The van der Waals surface area contributed by atoms with E-state index in [2.05, 4.69) is 0 Å². The van der Waals surface area contributed by atoms with Crippen LogP contribution in [0.5, 0.6) is 0 Å². The molecule has 0 spiro atoms. The smallest absolute Gasteiger partial charge is 0.250 e. The molecule has 0 saturated carbocycles. The fourth-order valence-electron chi connectivity index (χ4n) is 1.14. The van der Waals surface area contributed by atoms with Crippen LogP contribution >= 0.6 is 24.8 Å². The lowest BCUT2D eigenvalue weighted by Crippen LogP contribution is -2.27. The first kappa shape index (κ1) is 18.4. The molecule has 17 heavy (non-hydrogen) atoms. The van der Waals surface area contributed by atoms with Crippen molar-refractivity contribution >= 4 is 46.4 Å². The number of hydrogen-bond donors (Lipinski definition) is 1. The van der Waals surface area contributed by atoms with Crippen LogP contribution in [0.2, 0.25) is 0 Å². The van der Waals surface area contributed by atoms with Crippen LogP contribution in [-0.4, -0.2) is 27.6 Å². The molecule has 2 N–H and O–H groups in total. The Labute approximate surface area is 113 Å². The van der Waals surface area contributed by atoms with Gasteiger partial charge in [0, 0.05) is 7.05 Å². The molecule has 0 fully saturated rings. The van der Waals surface area contributed by atoms with Crippen LogP contribution in [0.15, 0.2) is 24.3 Å². The molecular formula is C9H14Cl2N2O3S. The Morgan fingerprint density at radius 2 is 1.71 bits per heavy atom. The molecule has 0 aliphatic rings. The number of amides is 1. The first-order valence-electron chi connectivity index (χ1n) is 4.17. The number of anilines is 1. The predicted octanol–water partition coefficient (Wildman–Crippen LogP) is 1.02. The molecule has 0 unspecified atom stereocenters. The van der Waals surface area contributed by atoms with Crippen molar-refractivity contribution in [1.82, 2.24) is 0 Å². The Hall–Kier alpha value is -0.980. The number of rotatable bonds is 3. The van der Waals surface area contributed by atoms with Gasteiger partial charge in [-0.15, -0.1) is 24.8 Å². The summed E-state index contributed by atoms with van der Waals surface area (Å²) < 4.78 is 23.6. The van der Waals surface area contributed by atoms with Crippen molar-refractivity contribution in [2.45, 2.75) is 0 Å². The summed E-state index contributed by atoms with van der Waals surface area (Å²) in [5, 5.41) is 0. The molecule has 0 saturated heterocycles. The summed E-state index contributed by atoms with van der Waals surface area (Å²) in [7, 11) is -2.01. The highest BCUT2D eigenvalue weighted by Crippen LogP contribution is 2.20. The zero-order valence-corrected chi connectivity index (χ0v) is 11.7. The molecule has 1 rings (SSSR count). The van der Waals surface area contributed by atoms with Gasteiger partial charge in [0.25, 0.3) is 5.91 Å². The largest absolute Gasteiger partial charge is 0.366 e. The highest BCUT2D eigenvalue weighted by Gasteiger charge is 2.17. The number of carbonyl (C=O) groups excluding carboxylic acids is 1. The van der Waals surface area contributed by atoms with E-state index in [-0.39, 0.29) is 36.1 Å². The topological polar surface area (TPSA) is 80.5 Å². The van der Waals surface area contributed by atoms with E-state index in [0.717, 1.165) is 10.6 Å². The number of halogens is 2. The van der Waals surface area contributed by atoms with Crippen molar-refractivity contribution in [3.63, 3.8) is 0 Å². The molecule has 0 aromatic heterocycles. The zero-order valence-electron chi connectivity index (χ0n) is 9.28. The van der Waals surface area contributed by atoms with E-state index in [1.165, 1.54) is 19.2 Å². The van der Waals surface area contributed by atoms with Gasteiger partial charge >= 0.3 is 0 Å². The molecule has 1 amide bonds. The molecule has 98 valence electrons. The number of carbonyl (C=O) groups is 1. The maximum atomic E-state index is 11.3. The van der Waals surface area contributed by atoms with Gasteiger partial charge in [0.05, 0.1) is 17.5 Å². The van der Waals surface area contributed by atoms with E-state index in [4.69, 9.17) is 5.73 Å². The van der Waals surface area contributed by atoms with Gasteiger partial charge in [0.1, 0.15) is 0 Å². The summed E-state index contributed by atoms with van der Waals surface area (Å²) in [4.78, 5) is 11.1. The number of sulfonamides is 1. The molecule has 0 radical (unpaired) electrons. The second kappa shape index (κ2) is 6.68. The average molecular weight is 301 g/mol. The van der Waals surface area contributed by atoms with Crippen LogP contribution in [-0.2, 0) is 10.0 Å². The standard InChI is InChI=1S/C9H12N2O3S.2ClH/c1-11(15(2,13)14)8-6-4-3-5-7(8)9(10)12;;/h3-6H,1-2H3,(H2,10,12);2*1H. The average Bonchev–Trinajstić information content (AvgIpc) is 2.15. The van der Waals surface area contributed by atoms with Gasteiger partial charge in [-0.2, -0.15) is 0 Å². The summed E-state index contributed by atoms with van der Waals surface area (Å²) in [6.07, 6.45) is 1.06. The molecule has 1 aromatic carbocycles. The number of primary amides is 1. The summed E-state index contributed by atoms with van der Waals surface area (Å²) in [6, 6.07) is 6.28. The maximum absolute atomic E-state index is 11.3. The van der Waals surface area contributed by atoms with Crippen LogP contribution in [0.4, 0.5) is 5.69 Å². The Morgan fingerprint density at radius 1 is 1.24 bits per heavy atom. The Kier molecular flexibility index (Phi) is 7.23. The third-order valence-electron chi connectivity index (χ3n) is 2.01. The van der Waals surface area contributed by atoms with Crippen LogP contribution in [0.1, 0.15) is 10.4 Å². The van der Waals surface area contributed by atoms with Crippen molar-refractivity contribution in [2.24, 2.45) is 5.73 Å². The van der Waals surface area contributed by atoms with Gasteiger partial charge in [0.2, 0.25) is 10.0 Å². The lowest BCUT2D eigenvalue weighted by molar-refractivity contribution is 0.100. The molecule has 5 nitrogen and oxygen atoms in total. The van der Waals surface area contributed by atoms with Crippen LogP contribution in [0.3, 0.4) is 0 Å². The van der Waals surface area contributed by atoms with Gasteiger partial charge < -0.3 is 5.73 Å². The lowest BCUT2D eigenvalue weighted by atomic mass is 10.2. The minimum atomic E-state index is -3.39. The second-order valence-corrected chi connectivity index (χ2v) is 5.13. The monoisotopic (exact) mass is 300 g/mol. The minimum absolute atomic E-state index is 0. The molecule has 0 atom stereocenters. The van der Waals surface area contributed by atoms with E-state index in [0.29, 0.717) is 0 Å². The normalized spacial score (nSPS) is 9.76. The van der Waals surface area contributed by atoms with Gasteiger partial charge in [-0.25, -0.2) is 8.42 Å². The van der Waals surface area contributed by atoms with Crippen LogP contribution in [0.25, 0.3) is 0 Å². The maximum Gasteiger partial charge on any atom is 0.250 e. The third-order valence-corrected chi connectivity index (χ3v) is 3.20. The molecule has 1 aromatic rings. The van der Waals surface area contributed by atoms with Gasteiger partial charge in [0.15, 0.2) is 0 Å². The Morgan fingerprint density at radius 3 is 2.12 bits per heavy atom. The van der Waals surface area contributed by atoms with Crippen LogP contribution in [0, 0.1) is 0 Å². The zero-order chi connectivity index (χ0) is 11.6. The fraction of sp³-hybridized carbons (Fsp3) is 0.222. The quantitative estimate of drug-likeness (QED) is 0.905. The van der Waals surface area contributed by atoms with Crippen molar-refractivity contribution in [1.29, 1.82) is 0 Å². The van der Waals surface area contributed by atoms with Gasteiger partial charge in [-0.1, -0.05) is 12.1 Å². The highest BCUT2D eigenvalue weighted by atomic mass is 35.5. The Balaban J connectivity index is 0. The molecular weight excluding hydrogens is 287 g/mol. The fourth-order valence-corrected chi connectivity index (χ4v) is 1.65. The number of para-hydroxylation sites is 1. The number of nitrogens with zero attached hydrogens (tertiary/aromatic N) is 1. The Bertz CT molecular complexity index is 491. The third kappa shape index (κ3) is 4.41. The van der Waals surface area contributed by atoms with E-state index < -0.39 is 15.9 Å². The summed E-state index contributed by atoms with van der Waals surface area (Å²) in [5.74, 6) is -0.652. The van der Waals surface area contributed by atoms with E-state index in [1.54, 1.807) is 12.1 Å². The molecule has 8 heteroatoms. The van der Waals surface area contributed by atoms with Gasteiger partial charge in [-0.3, -0.25) is 9.10 Å². The van der Waals surface area contributed by atoms with Crippen molar-refractivity contribution in [2.75, 3.05) is 17.6 Å². The molecule has 0 heterocycles. The first-order chi connectivity index (χ1) is 6.84. The van der Waals surface area contributed by atoms with Crippen LogP contribution < -0.4 is 10.0 Å². The highest BCUT2D eigenvalue weighted by molar-refractivity contribution is 7.92. The molecule has 0 bridgehead atoms. The predicted molar refractivity (Wildman–Crippen MR) is 72.7 cm³/mol. The van der Waals surface area contributed by atoms with Crippen molar-refractivity contribution in [3.8, 4) is 0 Å². The molecule has 0 aliphatic carbocycles. The summed E-state index contributed by atoms with van der Waals surface area (Å²) in [6.45, 7) is 0. The van der Waals surface area contributed by atoms with Gasteiger partial charge in [-0.05, 0) is 12.1 Å². The number of hydrogen-bond acceptors (Lipinski definition) is 3. The van der Waals surface area contributed by atoms with E-state index in [9.17, 15) is 13.2 Å². The number of benzene rings is 1. The van der Waals surface area contributed by atoms with E-state index in [1.807, 2.05) is 0 Å². The summed E-state index contributed by atoms with van der Waals surface area (Å²) >= 11 is 0. The second-order valence-electron chi connectivity index (χ2n) is 3.11. The lowest BCUT2D eigenvalue weighted by Gasteiger charge is -2.18. The summed E-state index contributed by atoms with van der Waals surface area (Å²) in [5.41, 5.74) is 5.61. The SMILES string of the molecule is CN(c1ccccc1C(N)=O)S(C)(=O)=O.Cl.Cl. The van der Waals surface area contributed by atoms with Crippen molar-refractivity contribution in [3.05, 3.63) is 29.8 Å².